The van der Waals surface area contributed by atoms with Crippen molar-refractivity contribution in [3.05, 3.63) is 11.9 Å². The summed E-state index contributed by atoms with van der Waals surface area (Å²) in [5.41, 5.74) is 0.0919. The second-order valence-electron chi connectivity index (χ2n) is 5.96. The van der Waals surface area contributed by atoms with Gasteiger partial charge in [0.1, 0.15) is 6.33 Å². The Morgan fingerprint density at radius 2 is 1.68 bits per heavy atom. The van der Waals surface area contributed by atoms with Crippen LogP contribution in [0.2, 0.25) is 0 Å². The lowest BCUT2D eigenvalue weighted by Gasteiger charge is -2.37. The largest absolute Gasteiger partial charge is 0.480 e. The average molecular weight is 303 g/mol. The van der Waals surface area contributed by atoms with Gasteiger partial charge in [-0.2, -0.15) is 10.2 Å². The monoisotopic (exact) mass is 303 g/mol. The van der Waals surface area contributed by atoms with Gasteiger partial charge in [0.25, 0.3) is 5.91 Å². The topological polar surface area (TPSA) is 89.3 Å². The van der Waals surface area contributed by atoms with E-state index in [1.54, 1.807) is 0 Å². The molecule has 0 aromatic carbocycles. The summed E-state index contributed by atoms with van der Waals surface area (Å²) in [5.74, 6) is 0.368. The van der Waals surface area contributed by atoms with Gasteiger partial charge in [-0.05, 0) is 12.8 Å². The number of ether oxygens (including phenoxy) is 2. The number of carbonyl (C=O) groups excluding carboxylic acids is 1. The highest BCUT2D eigenvalue weighted by Gasteiger charge is 2.55. The van der Waals surface area contributed by atoms with Crippen molar-refractivity contribution in [1.29, 1.82) is 0 Å². The zero-order valence-electron chi connectivity index (χ0n) is 12.5. The summed E-state index contributed by atoms with van der Waals surface area (Å²) in [4.78, 5) is 23.1. The van der Waals surface area contributed by atoms with Crippen LogP contribution < -0.4 is 9.47 Å². The molecule has 2 unspecified atom stereocenters. The summed E-state index contributed by atoms with van der Waals surface area (Å²) < 4.78 is 10.5. The third-order valence-electron chi connectivity index (χ3n) is 4.74. The van der Waals surface area contributed by atoms with E-state index in [0.717, 1.165) is 25.7 Å². The van der Waals surface area contributed by atoms with E-state index >= 15 is 0 Å². The second-order valence-corrected chi connectivity index (χ2v) is 5.96. The second kappa shape index (κ2) is 4.62. The molecule has 8 heteroatoms. The first-order valence-electron chi connectivity index (χ1n) is 7.37. The van der Waals surface area contributed by atoms with Crippen LogP contribution >= 0.6 is 0 Å². The molecule has 3 aliphatic heterocycles. The molecule has 22 heavy (non-hydrogen) atoms. The maximum atomic E-state index is 13.1. The van der Waals surface area contributed by atoms with Crippen LogP contribution in [0, 0.1) is 0 Å². The molecule has 0 N–H and O–H groups in total. The van der Waals surface area contributed by atoms with Crippen molar-refractivity contribution in [2.75, 3.05) is 14.2 Å². The molecule has 0 saturated carbocycles. The van der Waals surface area contributed by atoms with Gasteiger partial charge in [0.15, 0.2) is 11.2 Å². The number of amides is 1. The van der Waals surface area contributed by atoms with Gasteiger partial charge in [-0.15, -0.1) is 0 Å². The van der Waals surface area contributed by atoms with Crippen molar-refractivity contribution in [2.24, 2.45) is 10.2 Å². The molecule has 1 amide bonds. The summed E-state index contributed by atoms with van der Waals surface area (Å²) in [6.45, 7) is 0. The Balaban J connectivity index is 1.68. The minimum absolute atomic E-state index is 0.127. The zero-order valence-corrected chi connectivity index (χ0v) is 12.5. The lowest BCUT2D eigenvalue weighted by atomic mass is 9.93. The van der Waals surface area contributed by atoms with Crippen molar-refractivity contribution < 1.29 is 14.3 Å². The number of methoxy groups -OCH3 is 2. The third kappa shape index (κ3) is 1.86. The first-order chi connectivity index (χ1) is 10.7. The van der Waals surface area contributed by atoms with Gasteiger partial charge in [0.05, 0.1) is 14.2 Å². The van der Waals surface area contributed by atoms with Crippen LogP contribution in [0.1, 0.15) is 36.0 Å². The highest BCUT2D eigenvalue weighted by molar-refractivity contribution is 5.99. The van der Waals surface area contributed by atoms with E-state index in [1.807, 2.05) is 4.90 Å². The minimum Gasteiger partial charge on any atom is -0.480 e. The summed E-state index contributed by atoms with van der Waals surface area (Å²) in [6.07, 6.45) is 4.93. The van der Waals surface area contributed by atoms with Crippen molar-refractivity contribution in [3.8, 4) is 11.8 Å². The van der Waals surface area contributed by atoms with Crippen molar-refractivity contribution in [2.45, 2.75) is 43.4 Å². The third-order valence-corrected chi connectivity index (χ3v) is 4.74. The Labute approximate surface area is 127 Å². The zero-order chi connectivity index (χ0) is 15.3. The Bertz CT molecular complexity index is 618. The van der Waals surface area contributed by atoms with Gasteiger partial charge < -0.3 is 14.4 Å². The highest BCUT2D eigenvalue weighted by Crippen LogP contribution is 2.50. The lowest BCUT2D eigenvalue weighted by molar-refractivity contribution is 0.0540. The van der Waals surface area contributed by atoms with Crippen LogP contribution in [0.3, 0.4) is 0 Å². The Morgan fingerprint density at radius 1 is 1.14 bits per heavy atom. The normalized spacial score (nSPS) is 27.1. The molecular formula is C14H17N5O3. The van der Waals surface area contributed by atoms with Crippen LogP contribution in [-0.2, 0) is 0 Å². The maximum absolute atomic E-state index is 13.1. The summed E-state index contributed by atoms with van der Waals surface area (Å²) in [6, 6.07) is 0.326. The summed E-state index contributed by atoms with van der Waals surface area (Å²) >= 11 is 0. The highest BCUT2D eigenvalue weighted by atomic mass is 16.5. The molecular weight excluding hydrogens is 286 g/mol. The standard InChI is InChI=1S/C14H17N5O3/c1-21-11-10(12(22-2)16-7-15-11)13(20)19-8-3-4-9(19)6-14(5-8)17-18-14/h7-9H,3-6H2,1-2H3. The predicted molar refractivity (Wildman–Crippen MR) is 74.9 cm³/mol. The van der Waals surface area contributed by atoms with E-state index in [2.05, 4.69) is 20.2 Å². The Kier molecular flexibility index (Phi) is 2.82. The molecule has 1 spiro atoms. The number of hydrogen-bond donors (Lipinski definition) is 0. The van der Waals surface area contributed by atoms with Crippen molar-refractivity contribution in [3.63, 3.8) is 0 Å². The van der Waals surface area contributed by atoms with Crippen LogP contribution in [-0.4, -0.2) is 52.7 Å². The molecule has 2 fully saturated rings. The Morgan fingerprint density at radius 3 is 2.14 bits per heavy atom. The molecule has 2 bridgehead atoms. The number of carbonyl (C=O) groups is 1. The maximum Gasteiger partial charge on any atom is 0.265 e. The lowest BCUT2D eigenvalue weighted by Crippen LogP contribution is -2.49. The molecule has 116 valence electrons. The number of fused-ring (bicyclic) bond motifs is 2. The SMILES string of the molecule is COc1ncnc(OC)c1C(=O)N1C2CCC1CC1(C2)N=N1. The van der Waals surface area contributed by atoms with E-state index in [-0.39, 0.29) is 35.4 Å². The molecule has 8 nitrogen and oxygen atoms in total. The fourth-order valence-electron chi connectivity index (χ4n) is 3.74. The number of aromatic nitrogens is 2. The molecule has 0 aliphatic carbocycles. The smallest absolute Gasteiger partial charge is 0.265 e. The first kappa shape index (κ1) is 13.4. The van der Waals surface area contributed by atoms with E-state index in [0.29, 0.717) is 5.56 Å². The summed E-state index contributed by atoms with van der Waals surface area (Å²) in [7, 11) is 2.97. The fraction of sp³-hybridized carbons (Fsp3) is 0.643. The molecule has 1 aromatic heterocycles. The first-order valence-corrected chi connectivity index (χ1v) is 7.37. The molecule has 2 atom stereocenters. The summed E-state index contributed by atoms with van der Waals surface area (Å²) in [5, 5.41) is 8.36. The van der Waals surface area contributed by atoms with E-state index in [9.17, 15) is 4.79 Å². The molecule has 0 radical (unpaired) electrons. The van der Waals surface area contributed by atoms with Gasteiger partial charge in [-0.1, -0.05) is 0 Å². The van der Waals surface area contributed by atoms with E-state index in [1.165, 1.54) is 20.5 Å². The van der Waals surface area contributed by atoms with Crippen LogP contribution in [0.15, 0.2) is 16.6 Å². The van der Waals surface area contributed by atoms with Gasteiger partial charge >= 0.3 is 0 Å². The minimum atomic E-state index is -0.204. The van der Waals surface area contributed by atoms with Gasteiger partial charge in [-0.25, -0.2) is 9.97 Å². The quantitative estimate of drug-likeness (QED) is 0.842. The molecule has 4 heterocycles. The Hall–Kier alpha value is -2.25. The van der Waals surface area contributed by atoms with Gasteiger partial charge in [0, 0.05) is 24.9 Å². The number of hydrogen-bond acceptors (Lipinski definition) is 7. The van der Waals surface area contributed by atoms with Crippen LogP contribution in [0.4, 0.5) is 0 Å². The number of nitrogens with zero attached hydrogens (tertiary/aromatic N) is 5. The number of rotatable bonds is 3. The molecule has 1 aromatic rings. The van der Waals surface area contributed by atoms with Gasteiger partial charge in [-0.3, -0.25) is 4.79 Å². The van der Waals surface area contributed by atoms with Crippen LogP contribution in [0.25, 0.3) is 0 Å². The van der Waals surface area contributed by atoms with Gasteiger partial charge in [0.2, 0.25) is 11.8 Å². The number of piperidine rings is 1. The molecule has 4 rings (SSSR count). The van der Waals surface area contributed by atoms with E-state index in [4.69, 9.17) is 9.47 Å². The molecule has 3 aliphatic rings. The van der Waals surface area contributed by atoms with Crippen molar-refractivity contribution in [1.82, 2.24) is 14.9 Å². The average Bonchev–Trinajstić information content (AvgIpc) is 3.23. The fourth-order valence-corrected chi connectivity index (χ4v) is 3.74. The van der Waals surface area contributed by atoms with Crippen LogP contribution in [0.5, 0.6) is 11.8 Å². The van der Waals surface area contributed by atoms with Crippen molar-refractivity contribution >= 4 is 5.91 Å². The molecule has 2 saturated heterocycles. The predicted octanol–water partition coefficient (Wildman–Crippen LogP) is 1.42. The van der Waals surface area contributed by atoms with E-state index < -0.39 is 0 Å².